The van der Waals surface area contributed by atoms with Gasteiger partial charge in [0.25, 0.3) is 0 Å². The predicted octanol–water partition coefficient (Wildman–Crippen LogP) is 4.12. The lowest BCUT2D eigenvalue weighted by molar-refractivity contribution is -0.0328. The van der Waals surface area contributed by atoms with Gasteiger partial charge in [0.15, 0.2) is 5.82 Å². The standard InChI is InChI=1S/C18H14F3N3O4S/c1-3-28-17(27)10-5-6-11(16(25)26)22-14(10)15-23-12-8-9(29-18(19,20)21)4-7-13(12)24(15)2/h4-8H,3H2,1-2H3,(H,25,26). The SMILES string of the molecule is CCOC(=O)c1ccc(C(=O)O)nc1-c1nc2cc(SC(F)(F)F)ccc2n1C. The van der Waals surface area contributed by atoms with Gasteiger partial charge >= 0.3 is 17.4 Å². The Morgan fingerprint density at radius 2 is 1.93 bits per heavy atom. The maximum Gasteiger partial charge on any atom is 0.446 e. The fourth-order valence-electron chi connectivity index (χ4n) is 2.71. The largest absolute Gasteiger partial charge is 0.477 e. The van der Waals surface area contributed by atoms with Crippen LogP contribution in [0.3, 0.4) is 0 Å². The predicted molar refractivity (Wildman–Crippen MR) is 98.8 cm³/mol. The van der Waals surface area contributed by atoms with Crippen LogP contribution < -0.4 is 0 Å². The number of halogens is 3. The molecular weight excluding hydrogens is 411 g/mol. The Kier molecular flexibility index (Phi) is 5.51. The highest BCUT2D eigenvalue weighted by Gasteiger charge is 2.29. The molecule has 0 radical (unpaired) electrons. The van der Waals surface area contributed by atoms with E-state index in [0.29, 0.717) is 5.52 Å². The summed E-state index contributed by atoms with van der Waals surface area (Å²) in [6, 6.07) is 6.47. The summed E-state index contributed by atoms with van der Waals surface area (Å²) in [5, 5.41) is 9.23. The molecule has 0 unspecified atom stereocenters. The Bertz CT molecular complexity index is 1110. The molecule has 29 heavy (non-hydrogen) atoms. The van der Waals surface area contributed by atoms with Gasteiger partial charge in [-0.15, -0.1) is 0 Å². The molecule has 3 rings (SSSR count). The van der Waals surface area contributed by atoms with Crippen LogP contribution in [0, 0.1) is 0 Å². The number of nitrogens with zero attached hydrogens (tertiary/aromatic N) is 3. The number of rotatable bonds is 5. The van der Waals surface area contributed by atoms with E-state index >= 15 is 0 Å². The van der Waals surface area contributed by atoms with E-state index in [-0.39, 0.29) is 51.6 Å². The first-order valence-electron chi connectivity index (χ1n) is 8.24. The van der Waals surface area contributed by atoms with Gasteiger partial charge in [-0.25, -0.2) is 19.6 Å². The average Bonchev–Trinajstić information content (AvgIpc) is 2.96. The van der Waals surface area contributed by atoms with Gasteiger partial charge in [0.1, 0.15) is 11.4 Å². The fourth-order valence-corrected chi connectivity index (χ4v) is 3.28. The number of ether oxygens (including phenoxy) is 1. The number of fused-ring (bicyclic) bond motifs is 1. The van der Waals surface area contributed by atoms with Crippen molar-refractivity contribution in [1.29, 1.82) is 0 Å². The van der Waals surface area contributed by atoms with Gasteiger partial charge < -0.3 is 14.4 Å². The van der Waals surface area contributed by atoms with E-state index in [1.807, 2.05) is 0 Å². The van der Waals surface area contributed by atoms with Crippen molar-refractivity contribution in [3.63, 3.8) is 0 Å². The Hall–Kier alpha value is -3.08. The zero-order valence-electron chi connectivity index (χ0n) is 15.1. The highest BCUT2D eigenvalue weighted by atomic mass is 32.2. The van der Waals surface area contributed by atoms with Crippen molar-refractivity contribution in [3.05, 3.63) is 41.6 Å². The number of imidazole rings is 1. The van der Waals surface area contributed by atoms with E-state index in [1.165, 1.54) is 34.9 Å². The molecular formula is C18H14F3N3O4S. The number of hydrogen-bond acceptors (Lipinski definition) is 6. The fraction of sp³-hybridized carbons (Fsp3) is 0.222. The number of aryl methyl sites for hydroxylation is 1. The number of benzene rings is 1. The van der Waals surface area contributed by atoms with E-state index in [9.17, 15) is 27.9 Å². The van der Waals surface area contributed by atoms with E-state index in [1.54, 1.807) is 14.0 Å². The normalized spacial score (nSPS) is 11.6. The first-order chi connectivity index (χ1) is 13.6. The average molecular weight is 425 g/mol. The lowest BCUT2D eigenvalue weighted by Crippen LogP contribution is -2.12. The number of aromatic nitrogens is 3. The lowest BCUT2D eigenvalue weighted by Gasteiger charge is -2.09. The maximum absolute atomic E-state index is 12.6. The Balaban J connectivity index is 2.18. The Labute approximate surface area is 166 Å². The first-order valence-corrected chi connectivity index (χ1v) is 9.06. The maximum atomic E-state index is 12.6. The number of thioether (sulfide) groups is 1. The second-order valence-electron chi connectivity index (χ2n) is 5.81. The van der Waals surface area contributed by atoms with Crippen molar-refractivity contribution >= 4 is 34.7 Å². The molecule has 7 nitrogen and oxygen atoms in total. The number of hydrogen-bond donors (Lipinski definition) is 1. The van der Waals surface area contributed by atoms with Gasteiger partial charge in [-0.2, -0.15) is 13.2 Å². The second kappa shape index (κ2) is 7.74. The molecule has 2 aromatic heterocycles. The number of carboxylic acid groups (broad SMARTS) is 1. The summed E-state index contributed by atoms with van der Waals surface area (Å²) in [5.74, 6) is -1.89. The van der Waals surface area contributed by atoms with Gasteiger partial charge in [0.05, 0.1) is 23.2 Å². The zero-order valence-corrected chi connectivity index (χ0v) is 16.0. The number of pyridine rings is 1. The van der Waals surface area contributed by atoms with E-state index < -0.39 is 17.4 Å². The summed E-state index contributed by atoms with van der Waals surface area (Å²) in [5.41, 5.74) is -4.06. The minimum atomic E-state index is -4.44. The van der Waals surface area contributed by atoms with Crippen LogP contribution in [0.2, 0.25) is 0 Å². The molecule has 0 amide bonds. The van der Waals surface area contributed by atoms with Gasteiger partial charge in [-0.05, 0) is 49.0 Å². The van der Waals surface area contributed by atoms with E-state index in [0.717, 1.165) is 0 Å². The van der Waals surface area contributed by atoms with Crippen molar-refractivity contribution in [2.45, 2.75) is 17.3 Å². The molecule has 0 aliphatic heterocycles. The summed E-state index contributed by atoms with van der Waals surface area (Å²) in [7, 11) is 1.59. The minimum absolute atomic E-state index is 0.000135. The summed E-state index contributed by atoms with van der Waals surface area (Å²) in [6.07, 6.45) is 0. The van der Waals surface area contributed by atoms with Crippen LogP contribution in [0.4, 0.5) is 13.2 Å². The molecule has 3 aromatic rings. The highest BCUT2D eigenvalue weighted by Crippen LogP contribution is 2.38. The number of alkyl halides is 3. The molecule has 152 valence electrons. The third-order valence-corrected chi connectivity index (χ3v) is 4.63. The summed E-state index contributed by atoms with van der Waals surface area (Å²) in [6.45, 7) is 1.71. The quantitative estimate of drug-likeness (QED) is 0.485. The van der Waals surface area contributed by atoms with Gasteiger partial charge in [0, 0.05) is 11.9 Å². The molecule has 1 N–H and O–H groups in total. The molecule has 0 spiro atoms. The van der Waals surface area contributed by atoms with Gasteiger partial charge in [-0.3, -0.25) is 0 Å². The molecule has 2 heterocycles. The van der Waals surface area contributed by atoms with Gasteiger partial charge in [0.2, 0.25) is 0 Å². The number of esters is 1. The number of aromatic carboxylic acids is 1. The van der Waals surface area contributed by atoms with Crippen molar-refractivity contribution < 1.29 is 32.6 Å². The third kappa shape index (κ3) is 4.34. The topological polar surface area (TPSA) is 94.3 Å². The molecule has 0 bridgehead atoms. The van der Waals surface area contributed by atoms with Crippen LogP contribution in [-0.4, -0.2) is 43.7 Å². The smallest absolute Gasteiger partial charge is 0.446 e. The van der Waals surface area contributed by atoms with Crippen molar-refractivity contribution in [1.82, 2.24) is 14.5 Å². The Morgan fingerprint density at radius 1 is 1.21 bits per heavy atom. The molecule has 0 atom stereocenters. The Morgan fingerprint density at radius 3 is 2.55 bits per heavy atom. The van der Waals surface area contributed by atoms with E-state index in [4.69, 9.17) is 4.74 Å². The molecule has 0 aliphatic carbocycles. The summed E-state index contributed by atoms with van der Waals surface area (Å²) >= 11 is -0.269. The van der Waals surface area contributed by atoms with Crippen LogP contribution in [0.5, 0.6) is 0 Å². The number of carboxylic acids is 1. The molecule has 1 aromatic carbocycles. The molecule has 11 heteroatoms. The van der Waals surface area contributed by atoms with Crippen LogP contribution in [-0.2, 0) is 11.8 Å². The molecule has 0 aliphatic rings. The number of carbonyl (C=O) groups is 2. The summed E-state index contributed by atoms with van der Waals surface area (Å²) < 4.78 is 44.4. The van der Waals surface area contributed by atoms with Crippen molar-refractivity contribution in [2.24, 2.45) is 7.05 Å². The zero-order chi connectivity index (χ0) is 21.3. The van der Waals surface area contributed by atoms with Crippen molar-refractivity contribution in [2.75, 3.05) is 6.61 Å². The minimum Gasteiger partial charge on any atom is -0.477 e. The van der Waals surface area contributed by atoms with Crippen molar-refractivity contribution in [3.8, 4) is 11.5 Å². The summed E-state index contributed by atoms with van der Waals surface area (Å²) in [4.78, 5) is 31.9. The van der Waals surface area contributed by atoms with Crippen LogP contribution in [0.25, 0.3) is 22.6 Å². The van der Waals surface area contributed by atoms with Crippen LogP contribution in [0.15, 0.2) is 35.2 Å². The highest BCUT2D eigenvalue weighted by molar-refractivity contribution is 8.00. The van der Waals surface area contributed by atoms with Crippen LogP contribution in [0.1, 0.15) is 27.8 Å². The monoisotopic (exact) mass is 425 g/mol. The van der Waals surface area contributed by atoms with Crippen LogP contribution >= 0.6 is 11.8 Å². The number of carbonyl (C=O) groups excluding carboxylic acids is 1. The molecule has 0 saturated heterocycles. The molecule has 0 fully saturated rings. The van der Waals surface area contributed by atoms with Gasteiger partial charge in [-0.1, -0.05) is 0 Å². The van der Waals surface area contributed by atoms with E-state index in [2.05, 4.69) is 9.97 Å². The lowest BCUT2D eigenvalue weighted by atomic mass is 10.1. The second-order valence-corrected chi connectivity index (χ2v) is 6.95. The third-order valence-electron chi connectivity index (χ3n) is 3.91. The first kappa shape index (κ1) is 20.6. The molecule has 0 saturated carbocycles.